The molecule has 0 saturated carbocycles. The maximum absolute atomic E-state index is 9.79. The second kappa shape index (κ2) is 6.88. The third kappa shape index (κ3) is 3.40. The fourth-order valence-corrected chi connectivity index (χ4v) is 4.62. The number of benzene rings is 1. The van der Waals surface area contributed by atoms with Gasteiger partial charge in [-0.25, -0.2) is 0 Å². The van der Waals surface area contributed by atoms with Crippen LogP contribution in [0.5, 0.6) is 0 Å². The van der Waals surface area contributed by atoms with Crippen molar-refractivity contribution >= 4 is 23.4 Å². The molecule has 2 N–H and O–H groups in total. The summed E-state index contributed by atoms with van der Waals surface area (Å²) in [4.78, 5) is 1.22. The normalized spacial score (nSPS) is 24.6. The van der Waals surface area contributed by atoms with E-state index in [1.807, 2.05) is 23.9 Å². The predicted octanol–water partition coefficient (Wildman–Crippen LogP) is 3.26. The first-order valence-electron chi connectivity index (χ1n) is 7.57. The van der Waals surface area contributed by atoms with Gasteiger partial charge in [-0.2, -0.15) is 0 Å². The van der Waals surface area contributed by atoms with Gasteiger partial charge >= 0.3 is 0 Å². The molecule has 1 fully saturated rings. The summed E-state index contributed by atoms with van der Waals surface area (Å²) >= 11 is 8.15. The molecule has 1 atom stereocenters. The molecule has 2 aliphatic rings. The number of nitrogens with one attached hydrogen (secondary N) is 1. The Labute approximate surface area is 135 Å². The lowest BCUT2D eigenvalue weighted by atomic mass is 9.80. The first-order valence-corrected chi connectivity index (χ1v) is 8.94. The molecule has 1 aromatic rings. The second-order valence-corrected chi connectivity index (χ2v) is 7.51. The zero-order valence-electron chi connectivity index (χ0n) is 12.1. The SMILES string of the molecule is OCC1(CNC2CCSc3c(Cl)cccc32)CCOCC1. The van der Waals surface area contributed by atoms with Crippen molar-refractivity contribution in [2.75, 3.05) is 32.1 Å². The molecule has 5 heteroatoms. The van der Waals surface area contributed by atoms with E-state index in [9.17, 15) is 5.11 Å². The van der Waals surface area contributed by atoms with Crippen molar-refractivity contribution in [3.63, 3.8) is 0 Å². The maximum atomic E-state index is 9.79. The van der Waals surface area contributed by atoms with E-state index in [4.69, 9.17) is 16.3 Å². The number of hydrogen-bond acceptors (Lipinski definition) is 4. The molecule has 0 spiro atoms. The predicted molar refractivity (Wildman–Crippen MR) is 87.1 cm³/mol. The van der Waals surface area contributed by atoms with Gasteiger partial charge in [-0.1, -0.05) is 23.7 Å². The lowest BCUT2D eigenvalue weighted by Gasteiger charge is -2.38. The van der Waals surface area contributed by atoms with Crippen molar-refractivity contribution in [1.82, 2.24) is 5.32 Å². The molecule has 1 unspecified atom stereocenters. The van der Waals surface area contributed by atoms with Crippen LogP contribution in [0, 0.1) is 5.41 Å². The summed E-state index contributed by atoms with van der Waals surface area (Å²) in [6, 6.07) is 6.49. The van der Waals surface area contributed by atoms with Crippen LogP contribution < -0.4 is 5.32 Å². The number of aliphatic hydroxyl groups excluding tert-OH is 1. The Morgan fingerprint density at radius 2 is 2.19 bits per heavy atom. The molecule has 1 aromatic carbocycles. The van der Waals surface area contributed by atoms with E-state index in [1.54, 1.807) is 0 Å². The molecule has 0 aliphatic carbocycles. The second-order valence-electron chi connectivity index (χ2n) is 6.00. The summed E-state index contributed by atoms with van der Waals surface area (Å²) in [5, 5.41) is 14.3. The maximum Gasteiger partial charge on any atom is 0.0545 e. The van der Waals surface area contributed by atoms with Gasteiger partial charge in [0, 0.05) is 36.1 Å². The van der Waals surface area contributed by atoms with Crippen LogP contribution in [-0.2, 0) is 4.74 Å². The third-order valence-electron chi connectivity index (χ3n) is 4.64. The van der Waals surface area contributed by atoms with Gasteiger partial charge < -0.3 is 15.2 Å². The summed E-state index contributed by atoms with van der Waals surface area (Å²) < 4.78 is 5.43. The summed E-state index contributed by atoms with van der Waals surface area (Å²) in [6.45, 7) is 2.58. The number of thioether (sulfide) groups is 1. The lowest BCUT2D eigenvalue weighted by Crippen LogP contribution is -2.43. The van der Waals surface area contributed by atoms with Crippen LogP contribution in [0.25, 0.3) is 0 Å². The molecule has 3 rings (SSSR count). The minimum absolute atomic E-state index is 0.0262. The van der Waals surface area contributed by atoms with Crippen LogP contribution in [0.4, 0.5) is 0 Å². The van der Waals surface area contributed by atoms with Crippen molar-refractivity contribution in [3.8, 4) is 0 Å². The summed E-state index contributed by atoms with van der Waals surface area (Å²) in [5.74, 6) is 1.09. The lowest BCUT2D eigenvalue weighted by molar-refractivity contribution is -0.0166. The van der Waals surface area contributed by atoms with Crippen molar-refractivity contribution in [3.05, 3.63) is 28.8 Å². The van der Waals surface area contributed by atoms with Crippen molar-refractivity contribution < 1.29 is 9.84 Å². The van der Waals surface area contributed by atoms with E-state index >= 15 is 0 Å². The van der Waals surface area contributed by atoms with Crippen molar-refractivity contribution in [2.45, 2.75) is 30.2 Å². The standard InChI is InChI=1S/C16H22ClNO2S/c17-13-3-1-2-12-14(4-9-21-15(12)13)18-10-16(11-19)5-7-20-8-6-16/h1-3,14,18-19H,4-11H2. The highest BCUT2D eigenvalue weighted by atomic mass is 35.5. The fourth-order valence-electron chi connectivity index (χ4n) is 3.13. The molecule has 0 bridgehead atoms. The molecular weight excluding hydrogens is 306 g/mol. The van der Waals surface area contributed by atoms with Crippen LogP contribution >= 0.6 is 23.4 Å². The van der Waals surface area contributed by atoms with E-state index in [0.717, 1.165) is 49.8 Å². The van der Waals surface area contributed by atoms with Gasteiger partial charge in [0.15, 0.2) is 0 Å². The van der Waals surface area contributed by atoms with Crippen LogP contribution in [0.1, 0.15) is 30.9 Å². The Kier molecular flexibility index (Phi) is 5.12. The average Bonchev–Trinajstić information content (AvgIpc) is 2.54. The quantitative estimate of drug-likeness (QED) is 0.890. The first-order chi connectivity index (χ1) is 10.2. The Morgan fingerprint density at radius 3 is 2.95 bits per heavy atom. The van der Waals surface area contributed by atoms with E-state index in [0.29, 0.717) is 6.04 Å². The molecule has 0 amide bonds. The average molecular weight is 328 g/mol. The largest absolute Gasteiger partial charge is 0.396 e. The topological polar surface area (TPSA) is 41.5 Å². The highest BCUT2D eigenvalue weighted by molar-refractivity contribution is 7.99. The van der Waals surface area contributed by atoms with Gasteiger partial charge in [0.2, 0.25) is 0 Å². The smallest absolute Gasteiger partial charge is 0.0545 e. The summed E-state index contributed by atoms with van der Waals surface area (Å²) in [5.41, 5.74) is 1.28. The molecule has 1 saturated heterocycles. The molecule has 0 aromatic heterocycles. The number of rotatable bonds is 4. The Morgan fingerprint density at radius 1 is 1.38 bits per heavy atom. The fraction of sp³-hybridized carbons (Fsp3) is 0.625. The van der Waals surface area contributed by atoms with E-state index in [-0.39, 0.29) is 12.0 Å². The van der Waals surface area contributed by atoms with Crippen LogP contribution in [-0.4, -0.2) is 37.2 Å². The monoisotopic (exact) mass is 327 g/mol. The molecular formula is C16H22ClNO2S. The number of fused-ring (bicyclic) bond motifs is 1. The number of aliphatic hydroxyl groups is 1. The third-order valence-corrected chi connectivity index (χ3v) is 6.25. The van der Waals surface area contributed by atoms with Gasteiger partial charge in [-0.3, -0.25) is 0 Å². The van der Waals surface area contributed by atoms with Crippen molar-refractivity contribution in [1.29, 1.82) is 0 Å². The van der Waals surface area contributed by atoms with E-state index in [1.165, 1.54) is 10.5 Å². The molecule has 21 heavy (non-hydrogen) atoms. The number of ether oxygens (including phenoxy) is 1. The minimum atomic E-state index is -0.0262. The highest BCUT2D eigenvalue weighted by Crippen LogP contribution is 2.41. The summed E-state index contributed by atoms with van der Waals surface area (Å²) in [6.07, 6.45) is 2.97. The highest BCUT2D eigenvalue weighted by Gasteiger charge is 2.33. The Bertz CT molecular complexity index is 491. The first kappa shape index (κ1) is 15.6. The van der Waals surface area contributed by atoms with Gasteiger partial charge in [0.25, 0.3) is 0 Å². The Balaban J connectivity index is 1.70. The van der Waals surface area contributed by atoms with E-state index in [2.05, 4.69) is 11.4 Å². The summed E-state index contributed by atoms with van der Waals surface area (Å²) in [7, 11) is 0. The molecule has 2 aliphatic heterocycles. The van der Waals surface area contributed by atoms with Gasteiger partial charge in [-0.15, -0.1) is 11.8 Å². The van der Waals surface area contributed by atoms with Gasteiger partial charge in [0.05, 0.1) is 11.6 Å². The van der Waals surface area contributed by atoms with E-state index < -0.39 is 0 Å². The van der Waals surface area contributed by atoms with Gasteiger partial charge in [-0.05, 0) is 36.6 Å². The molecule has 3 nitrogen and oxygen atoms in total. The minimum Gasteiger partial charge on any atom is -0.396 e. The van der Waals surface area contributed by atoms with Crippen LogP contribution in [0.3, 0.4) is 0 Å². The van der Waals surface area contributed by atoms with Crippen LogP contribution in [0.15, 0.2) is 23.1 Å². The van der Waals surface area contributed by atoms with Gasteiger partial charge in [0.1, 0.15) is 0 Å². The van der Waals surface area contributed by atoms with Crippen molar-refractivity contribution in [2.24, 2.45) is 5.41 Å². The molecule has 2 heterocycles. The zero-order chi connectivity index (χ0) is 14.7. The molecule has 0 radical (unpaired) electrons. The Hall–Kier alpha value is -0.260. The molecule has 116 valence electrons. The van der Waals surface area contributed by atoms with Crippen LogP contribution in [0.2, 0.25) is 5.02 Å². The number of hydrogen-bond donors (Lipinski definition) is 2. The zero-order valence-corrected chi connectivity index (χ0v) is 13.7. The number of halogens is 1.